The van der Waals surface area contributed by atoms with Crippen LogP contribution in [-0.2, 0) is 35.5 Å². The Bertz CT molecular complexity index is 1570. The van der Waals surface area contributed by atoms with Crippen LogP contribution in [0.2, 0.25) is 0 Å². The second-order valence-corrected chi connectivity index (χ2v) is 10.6. The molecular formula is C35H35F3N4O4. The van der Waals surface area contributed by atoms with E-state index in [0.29, 0.717) is 17.7 Å². The summed E-state index contributed by atoms with van der Waals surface area (Å²) in [6.45, 7) is -0.814. The van der Waals surface area contributed by atoms with Crippen molar-refractivity contribution in [3.8, 4) is 5.75 Å². The molecule has 0 bridgehead atoms. The van der Waals surface area contributed by atoms with Gasteiger partial charge in [-0.25, -0.2) is 0 Å². The number of halogens is 3. The van der Waals surface area contributed by atoms with E-state index in [9.17, 15) is 27.6 Å². The molecule has 0 fully saturated rings. The molecule has 0 heterocycles. The van der Waals surface area contributed by atoms with Crippen LogP contribution in [0.5, 0.6) is 5.75 Å². The zero-order valence-electron chi connectivity index (χ0n) is 24.9. The SMILES string of the molecule is NCc1ccc(CNC(=O)[C@H](Cc2ccccc2)NC(=O)[C@@H](Cc2ccc(OCC(F)(F)F)cc2)NC(=O)c2ccccc2)cc1. The lowest BCUT2D eigenvalue weighted by Crippen LogP contribution is -2.55. The van der Waals surface area contributed by atoms with Gasteiger partial charge in [0.2, 0.25) is 11.8 Å². The summed E-state index contributed by atoms with van der Waals surface area (Å²) in [6.07, 6.45) is -4.30. The Morgan fingerprint density at radius 1 is 0.652 bits per heavy atom. The third kappa shape index (κ3) is 10.8. The molecule has 8 nitrogen and oxygen atoms in total. The Hall–Kier alpha value is -5.16. The first-order valence-electron chi connectivity index (χ1n) is 14.6. The monoisotopic (exact) mass is 632 g/mol. The van der Waals surface area contributed by atoms with Gasteiger partial charge in [0, 0.05) is 31.5 Å². The average molecular weight is 633 g/mol. The summed E-state index contributed by atoms with van der Waals surface area (Å²) in [6, 6.07) is 28.7. The summed E-state index contributed by atoms with van der Waals surface area (Å²) in [4.78, 5) is 40.3. The van der Waals surface area contributed by atoms with E-state index in [2.05, 4.69) is 16.0 Å². The largest absolute Gasteiger partial charge is 0.484 e. The van der Waals surface area contributed by atoms with Gasteiger partial charge in [0.05, 0.1) is 0 Å². The van der Waals surface area contributed by atoms with Crippen LogP contribution in [0, 0.1) is 0 Å². The van der Waals surface area contributed by atoms with Crippen LogP contribution in [0.3, 0.4) is 0 Å². The molecule has 11 heteroatoms. The molecule has 4 rings (SSSR count). The Labute approximate surface area is 265 Å². The molecule has 0 aliphatic rings. The highest BCUT2D eigenvalue weighted by Crippen LogP contribution is 2.19. The summed E-state index contributed by atoms with van der Waals surface area (Å²) in [5.74, 6) is -1.52. The van der Waals surface area contributed by atoms with Gasteiger partial charge in [-0.05, 0) is 46.5 Å². The van der Waals surface area contributed by atoms with Crippen molar-refractivity contribution in [3.05, 3.63) is 137 Å². The van der Waals surface area contributed by atoms with Crippen LogP contribution in [0.15, 0.2) is 109 Å². The number of amides is 3. The molecular weight excluding hydrogens is 597 g/mol. The second-order valence-electron chi connectivity index (χ2n) is 10.6. The van der Waals surface area contributed by atoms with Crippen molar-refractivity contribution < 1.29 is 32.3 Å². The number of ether oxygens (including phenoxy) is 1. The van der Waals surface area contributed by atoms with E-state index < -0.39 is 42.6 Å². The highest BCUT2D eigenvalue weighted by Gasteiger charge is 2.29. The third-order valence-electron chi connectivity index (χ3n) is 7.06. The van der Waals surface area contributed by atoms with Crippen molar-refractivity contribution in [2.75, 3.05) is 6.61 Å². The maximum Gasteiger partial charge on any atom is 0.422 e. The lowest BCUT2D eigenvalue weighted by Gasteiger charge is -2.24. The molecule has 4 aromatic rings. The number of carbonyl (C=O) groups excluding carboxylic acids is 3. The van der Waals surface area contributed by atoms with Crippen LogP contribution in [0.1, 0.15) is 32.6 Å². The topological polar surface area (TPSA) is 123 Å². The first kappa shape index (κ1) is 33.7. The molecule has 0 spiro atoms. The maximum absolute atomic E-state index is 13.8. The fraction of sp³-hybridized carbons (Fsp3) is 0.229. The van der Waals surface area contributed by atoms with Crippen molar-refractivity contribution in [1.82, 2.24) is 16.0 Å². The van der Waals surface area contributed by atoms with Crippen molar-refractivity contribution in [2.24, 2.45) is 5.73 Å². The lowest BCUT2D eigenvalue weighted by atomic mass is 10.0. The second kappa shape index (κ2) is 16.2. The number of alkyl halides is 3. The van der Waals surface area contributed by atoms with Crippen molar-refractivity contribution in [1.29, 1.82) is 0 Å². The normalized spacial score (nSPS) is 12.4. The van der Waals surface area contributed by atoms with Crippen molar-refractivity contribution in [3.63, 3.8) is 0 Å². The van der Waals surface area contributed by atoms with E-state index in [0.717, 1.165) is 16.7 Å². The molecule has 0 unspecified atom stereocenters. The predicted molar refractivity (Wildman–Crippen MR) is 168 cm³/mol. The number of hydrogen-bond acceptors (Lipinski definition) is 5. The van der Waals surface area contributed by atoms with Gasteiger partial charge >= 0.3 is 6.18 Å². The Kier molecular flexibility index (Phi) is 11.9. The molecule has 4 aromatic carbocycles. The van der Waals surface area contributed by atoms with E-state index in [4.69, 9.17) is 10.5 Å². The molecule has 46 heavy (non-hydrogen) atoms. The van der Waals surface area contributed by atoms with Crippen LogP contribution in [0.25, 0.3) is 0 Å². The van der Waals surface area contributed by atoms with E-state index in [1.807, 2.05) is 54.6 Å². The quantitative estimate of drug-likeness (QED) is 0.164. The number of nitrogens with one attached hydrogen (secondary N) is 3. The Morgan fingerprint density at radius 3 is 1.76 bits per heavy atom. The minimum atomic E-state index is -4.48. The van der Waals surface area contributed by atoms with Crippen LogP contribution >= 0.6 is 0 Å². The van der Waals surface area contributed by atoms with Gasteiger partial charge in [0.25, 0.3) is 5.91 Å². The van der Waals surface area contributed by atoms with Crippen LogP contribution in [0.4, 0.5) is 13.2 Å². The lowest BCUT2D eigenvalue weighted by molar-refractivity contribution is -0.153. The fourth-order valence-electron chi connectivity index (χ4n) is 4.60. The van der Waals surface area contributed by atoms with Gasteiger partial charge in [0.15, 0.2) is 6.61 Å². The van der Waals surface area contributed by atoms with Gasteiger partial charge in [-0.3, -0.25) is 14.4 Å². The summed E-state index contributed by atoms with van der Waals surface area (Å²) in [5.41, 5.74) is 9.18. The molecule has 0 aliphatic carbocycles. The molecule has 5 N–H and O–H groups in total. The highest BCUT2D eigenvalue weighted by molar-refractivity contribution is 5.98. The fourth-order valence-corrected chi connectivity index (χ4v) is 4.60. The van der Waals surface area contributed by atoms with E-state index in [1.165, 1.54) is 24.3 Å². The average Bonchev–Trinajstić information content (AvgIpc) is 3.07. The summed E-state index contributed by atoms with van der Waals surface area (Å²) in [7, 11) is 0. The summed E-state index contributed by atoms with van der Waals surface area (Å²) in [5, 5.41) is 8.44. The zero-order valence-corrected chi connectivity index (χ0v) is 24.9. The van der Waals surface area contributed by atoms with E-state index >= 15 is 0 Å². The number of carbonyl (C=O) groups is 3. The number of benzene rings is 4. The highest BCUT2D eigenvalue weighted by atomic mass is 19.4. The van der Waals surface area contributed by atoms with Gasteiger partial charge < -0.3 is 26.4 Å². The number of hydrogen-bond donors (Lipinski definition) is 4. The van der Waals surface area contributed by atoms with Gasteiger partial charge in [-0.15, -0.1) is 0 Å². The molecule has 240 valence electrons. The van der Waals surface area contributed by atoms with Crippen molar-refractivity contribution in [2.45, 2.75) is 44.2 Å². The minimum Gasteiger partial charge on any atom is -0.484 e. The molecule has 0 saturated heterocycles. The maximum atomic E-state index is 13.8. The van der Waals surface area contributed by atoms with E-state index in [1.54, 1.807) is 30.3 Å². The third-order valence-corrected chi connectivity index (χ3v) is 7.06. The molecule has 0 aliphatic heterocycles. The summed E-state index contributed by atoms with van der Waals surface area (Å²) < 4.78 is 42.5. The molecule has 0 radical (unpaired) electrons. The molecule has 0 aromatic heterocycles. The van der Waals surface area contributed by atoms with Crippen molar-refractivity contribution >= 4 is 17.7 Å². The van der Waals surface area contributed by atoms with Gasteiger partial charge in [-0.1, -0.05) is 84.9 Å². The van der Waals surface area contributed by atoms with Gasteiger partial charge in [0.1, 0.15) is 17.8 Å². The predicted octanol–water partition coefficient (Wildman–Crippen LogP) is 4.47. The van der Waals surface area contributed by atoms with Gasteiger partial charge in [-0.2, -0.15) is 13.2 Å². The first-order valence-corrected chi connectivity index (χ1v) is 14.6. The number of nitrogens with two attached hydrogens (primary N) is 1. The minimum absolute atomic E-state index is 0.00285. The van der Waals surface area contributed by atoms with Crippen LogP contribution < -0.4 is 26.4 Å². The Morgan fingerprint density at radius 2 is 1.17 bits per heavy atom. The molecule has 0 saturated carbocycles. The Balaban J connectivity index is 1.52. The zero-order chi connectivity index (χ0) is 32.9. The molecule has 3 amide bonds. The molecule has 2 atom stereocenters. The number of rotatable bonds is 14. The standard InChI is InChI=1S/C35H35F3N4O4/c36-35(37,38)23-46-29-17-15-25(16-18-29)20-31(41-32(43)28-9-5-2-6-10-28)34(45)42-30(19-24-7-3-1-4-8-24)33(44)40-22-27-13-11-26(21-39)12-14-27/h1-18,30-31H,19-23,39H2,(H,40,44)(H,41,43)(H,42,45)/t30-,31+/m0/s1. The summed E-state index contributed by atoms with van der Waals surface area (Å²) >= 11 is 0. The van der Waals surface area contributed by atoms with E-state index in [-0.39, 0.29) is 25.1 Å². The van der Waals surface area contributed by atoms with Crippen LogP contribution in [-0.4, -0.2) is 42.6 Å². The smallest absolute Gasteiger partial charge is 0.422 e. The first-order chi connectivity index (χ1) is 22.1.